The number of aliphatic carboxylic acids is 1. The van der Waals surface area contributed by atoms with E-state index in [0.29, 0.717) is 113 Å². The highest BCUT2D eigenvalue weighted by Gasteiger charge is 2.34. The molecule has 7 heterocycles. The molecule has 4 bridgehead atoms. The molecule has 4 aliphatic heterocycles. The Bertz CT molecular complexity index is 3130. The van der Waals surface area contributed by atoms with E-state index in [2.05, 4.69) is 31.8 Å². The second-order valence-electron chi connectivity index (χ2n) is 18.8. The first-order valence-electron chi connectivity index (χ1n) is 23.9. The number of halogens is 3. The van der Waals surface area contributed by atoms with Crippen LogP contribution in [0.2, 0.25) is 10.0 Å². The van der Waals surface area contributed by atoms with Crippen molar-refractivity contribution in [1.82, 2.24) is 29.7 Å². The largest absolute Gasteiger partial charge is 0.491 e. The molecule has 0 saturated carbocycles. The molecular weight excluding hydrogens is 999 g/mol. The van der Waals surface area contributed by atoms with E-state index in [-0.39, 0.29) is 31.6 Å². The zero-order valence-corrected chi connectivity index (χ0v) is 43.2. The van der Waals surface area contributed by atoms with Crippen molar-refractivity contribution >= 4 is 50.7 Å². The third-order valence-corrected chi connectivity index (χ3v) is 15.1. The number of thiophene rings is 1. The number of carbonyl (C=O) groups is 1. The SMILES string of the molecule is Cc1c(Cl)c2c(Cl)c(C)c1-c1c(-c3ccc(F)cc3)sc3ncnc(c13)O[C@@H](C(=O)O)Cc1cc(ccc1OCc1ccnc(-c3ccc(OC[C@H]4COC(C)(C)O4)cc3)n1)OCC(CN1CCN(C)CC1)O2. The zero-order valence-electron chi connectivity index (χ0n) is 40.8. The van der Waals surface area contributed by atoms with Crippen LogP contribution in [0.25, 0.3) is 43.2 Å². The van der Waals surface area contributed by atoms with Crippen molar-refractivity contribution in [2.24, 2.45) is 0 Å². The highest BCUT2D eigenvalue weighted by molar-refractivity contribution is 7.22. The Balaban J connectivity index is 1.000. The summed E-state index contributed by atoms with van der Waals surface area (Å²) in [6, 6.07) is 20.6. The number of ether oxygens (including phenoxy) is 7. The lowest BCUT2D eigenvalue weighted by molar-refractivity contribution is -0.145. The van der Waals surface area contributed by atoms with Gasteiger partial charge in [-0.25, -0.2) is 29.1 Å². The van der Waals surface area contributed by atoms with E-state index in [1.165, 1.54) is 29.8 Å². The van der Waals surface area contributed by atoms with Crippen LogP contribution in [0.15, 0.2) is 85.3 Å². The summed E-state index contributed by atoms with van der Waals surface area (Å²) in [5, 5.41) is 12.0. The number of carboxylic acid groups (broad SMARTS) is 1. The molecule has 11 rings (SSSR count). The van der Waals surface area contributed by atoms with Crippen molar-refractivity contribution < 1.29 is 47.4 Å². The van der Waals surface area contributed by atoms with Gasteiger partial charge in [0.2, 0.25) is 12.0 Å². The number of nitrogens with zero attached hydrogens (tertiary/aromatic N) is 6. The van der Waals surface area contributed by atoms with Crippen LogP contribution < -0.4 is 23.7 Å². The molecule has 3 aromatic heterocycles. The Morgan fingerprint density at radius 1 is 0.877 bits per heavy atom. The average molecular weight is 1050 g/mol. The first-order chi connectivity index (χ1) is 35.2. The molecular formula is C54H53Cl2FN6O9S. The fourth-order valence-electron chi connectivity index (χ4n) is 9.22. The number of aromatic nitrogens is 4. The molecule has 19 heteroatoms. The first kappa shape index (κ1) is 50.4. The summed E-state index contributed by atoms with van der Waals surface area (Å²) >= 11 is 16.0. The Morgan fingerprint density at radius 2 is 1.62 bits per heavy atom. The minimum atomic E-state index is -1.48. The molecule has 15 nitrogen and oxygen atoms in total. The Kier molecular flexibility index (Phi) is 14.7. The number of hydrogen-bond donors (Lipinski definition) is 1. The quantitative estimate of drug-likeness (QED) is 0.130. The molecule has 0 amide bonds. The fourth-order valence-corrected chi connectivity index (χ4v) is 10.9. The molecule has 0 aliphatic carbocycles. The van der Waals surface area contributed by atoms with Gasteiger partial charge in [-0.2, -0.15) is 0 Å². The summed E-state index contributed by atoms with van der Waals surface area (Å²) in [4.78, 5) is 37.7. The smallest absolute Gasteiger partial charge is 0.345 e. The van der Waals surface area contributed by atoms with Crippen molar-refractivity contribution in [2.75, 3.05) is 59.6 Å². The maximum absolute atomic E-state index is 14.4. The van der Waals surface area contributed by atoms with Crippen molar-refractivity contribution in [3.8, 4) is 61.8 Å². The van der Waals surface area contributed by atoms with E-state index in [0.717, 1.165) is 31.7 Å². The molecule has 3 atom stereocenters. The minimum Gasteiger partial charge on any atom is -0.491 e. The van der Waals surface area contributed by atoms with Gasteiger partial charge < -0.3 is 43.2 Å². The maximum atomic E-state index is 14.4. The van der Waals surface area contributed by atoms with Crippen molar-refractivity contribution in [2.45, 2.75) is 64.8 Å². The third-order valence-electron chi connectivity index (χ3n) is 13.1. The highest BCUT2D eigenvalue weighted by atomic mass is 35.5. The molecule has 73 heavy (non-hydrogen) atoms. The number of rotatable bonds is 11. The lowest BCUT2D eigenvalue weighted by Gasteiger charge is -2.35. The Hall–Kier alpha value is -6.18. The van der Waals surface area contributed by atoms with Crippen LogP contribution in [-0.4, -0.2) is 125 Å². The molecule has 4 aliphatic rings. The third kappa shape index (κ3) is 11.2. The predicted molar refractivity (Wildman–Crippen MR) is 276 cm³/mol. The summed E-state index contributed by atoms with van der Waals surface area (Å²) in [5.74, 6) is 0.0313. The highest BCUT2D eigenvalue weighted by Crippen LogP contribution is 2.53. The predicted octanol–water partition coefficient (Wildman–Crippen LogP) is 10.1. The second kappa shape index (κ2) is 21.3. The minimum absolute atomic E-state index is 0.0180. The summed E-state index contributed by atoms with van der Waals surface area (Å²) in [7, 11) is 2.10. The summed E-state index contributed by atoms with van der Waals surface area (Å²) in [6.07, 6.45) is 0.629. The molecule has 2 saturated heterocycles. The van der Waals surface area contributed by atoms with Crippen LogP contribution in [0.3, 0.4) is 0 Å². The van der Waals surface area contributed by atoms with Crippen LogP contribution in [0.5, 0.6) is 28.9 Å². The lowest BCUT2D eigenvalue weighted by atomic mass is 9.92. The van der Waals surface area contributed by atoms with E-state index in [4.69, 9.17) is 61.3 Å². The van der Waals surface area contributed by atoms with Crippen molar-refractivity contribution in [1.29, 1.82) is 0 Å². The van der Waals surface area contributed by atoms with E-state index in [1.54, 1.807) is 42.6 Å². The molecule has 1 N–H and O–H groups in total. The lowest BCUT2D eigenvalue weighted by Crippen LogP contribution is -2.49. The number of fused-ring (bicyclic) bond motifs is 7. The Morgan fingerprint density at radius 3 is 2.33 bits per heavy atom. The van der Waals surface area contributed by atoms with Gasteiger partial charge in [-0.15, -0.1) is 11.3 Å². The van der Waals surface area contributed by atoms with Crippen LogP contribution in [0, 0.1) is 19.7 Å². The summed E-state index contributed by atoms with van der Waals surface area (Å²) in [5.41, 5.74) is 5.08. The monoisotopic (exact) mass is 1050 g/mol. The van der Waals surface area contributed by atoms with E-state index >= 15 is 0 Å². The number of piperazine rings is 1. The van der Waals surface area contributed by atoms with Gasteiger partial charge in [-0.05, 0) is 118 Å². The molecule has 0 radical (unpaired) electrons. The van der Waals surface area contributed by atoms with E-state index < -0.39 is 29.8 Å². The summed E-state index contributed by atoms with van der Waals surface area (Å²) in [6.45, 7) is 12.4. The zero-order chi connectivity index (χ0) is 51.0. The first-order valence-corrected chi connectivity index (χ1v) is 25.5. The van der Waals surface area contributed by atoms with Gasteiger partial charge in [-0.1, -0.05) is 35.3 Å². The Labute approximate surface area is 435 Å². The van der Waals surface area contributed by atoms with Gasteiger partial charge >= 0.3 is 5.97 Å². The van der Waals surface area contributed by atoms with Crippen LogP contribution >= 0.6 is 34.5 Å². The topological polar surface area (TPSA) is 160 Å². The average Bonchev–Trinajstić information content (AvgIpc) is 3.95. The van der Waals surface area contributed by atoms with E-state index in [9.17, 15) is 14.3 Å². The fraction of sp³-hybridized carbons (Fsp3) is 0.352. The van der Waals surface area contributed by atoms with Crippen LogP contribution in [0.1, 0.15) is 36.2 Å². The van der Waals surface area contributed by atoms with Gasteiger partial charge in [0.15, 0.2) is 17.4 Å². The number of carboxylic acids is 1. The molecule has 1 unspecified atom stereocenters. The van der Waals surface area contributed by atoms with Gasteiger partial charge in [0, 0.05) is 66.9 Å². The van der Waals surface area contributed by atoms with Gasteiger partial charge in [-0.3, -0.25) is 4.90 Å². The standard InChI is InChI=1S/C54H53Cl2FN6O9S/c1-30-43-31(2)47(56)48(46(30)55)70-39(24-63-20-18-62(5)19-21-63)26-67-38-14-15-41(68-25-36-16-17-58-50(61-36)33-8-12-37(13-9-33)66-27-40-28-69-54(3,4)72-40)34(22-38)23-42(53(64)65)71-51-45-44(43)49(73-52(45)60-29-59-51)32-6-10-35(57)11-7-32/h6-17,22,29,39-40,42H,18-21,23-28H2,1-5H3,(H,64,65)/t39?,40-,42+/m0/s1. The second-order valence-corrected chi connectivity index (χ2v) is 20.5. The maximum Gasteiger partial charge on any atom is 0.345 e. The normalized spacial score (nSPS) is 19.2. The van der Waals surface area contributed by atoms with Crippen molar-refractivity contribution in [3.63, 3.8) is 0 Å². The molecule has 4 aromatic carbocycles. The van der Waals surface area contributed by atoms with Gasteiger partial charge in [0.1, 0.15) is 66.3 Å². The van der Waals surface area contributed by atoms with Crippen molar-refractivity contribution in [3.05, 3.63) is 124 Å². The molecule has 380 valence electrons. The molecule has 2 fully saturated rings. The molecule has 0 spiro atoms. The molecule has 7 aromatic rings. The van der Waals surface area contributed by atoms with Crippen LogP contribution in [0.4, 0.5) is 4.39 Å². The van der Waals surface area contributed by atoms with Gasteiger partial charge in [0.25, 0.3) is 0 Å². The van der Waals surface area contributed by atoms with Crippen LogP contribution in [-0.2, 0) is 27.3 Å². The number of hydrogen-bond acceptors (Lipinski definition) is 15. The van der Waals surface area contributed by atoms with Gasteiger partial charge in [0.05, 0.1) is 27.7 Å². The summed E-state index contributed by atoms with van der Waals surface area (Å²) < 4.78 is 58.3. The number of likely N-dealkylation sites (N-methyl/N-ethyl adjacent to an activating group) is 1. The van der Waals surface area contributed by atoms with E-state index in [1.807, 2.05) is 52.0 Å². The number of benzene rings is 4.